The van der Waals surface area contributed by atoms with Crippen LogP contribution in [0.5, 0.6) is 0 Å². The Hall–Kier alpha value is -2.54. The van der Waals surface area contributed by atoms with E-state index in [-0.39, 0.29) is 17.7 Å². The van der Waals surface area contributed by atoms with Gasteiger partial charge in [-0.15, -0.1) is 0 Å². The predicted molar refractivity (Wildman–Crippen MR) is 112 cm³/mol. The van der Waals surface area contributed by atoms with E-state index in [0.717, 1.165) is 30.3 Å². The Morgan fingerprint density at radius 1 is 1.00 bits per heavy atom. The molecule has 1 amide bonds. The Kier molecular flexibility index (Phi) is 9.50. The van der Waals surface area contributed by atoms with Crippen molar-refractivity contribution in [2.75, 3.05) is 20.8 Å². The second-order valence-electron chi connectivity index (χ2n) is 6.87. The van der Waals surface area contributed by atoms with Gasteiger partial charge >= 0.3 is 0 Å². The molecule has 29 heavy (non-hydrogen) atoms. The van der Waals surface area contributed by atoms with Crippen LogP contribution in [-0.2, 0) is 14.3 Å². The lowest BCUT2D eigenvalue weighted by Gasteiger charge is -2.23. The number of amides is 1. The zero-order valence-electron chi connectivity index (χ0n) is 17.3. The Balaban J connectivity index is 1.94. The second kappa shape index (κ2) is 12.1. The summed E-state index contributed by atoms with van der Waals surface area (Å²) in [4.78, 5) is 24.1. The smallest absolute Gasteiger partial charge is 0.265 e. The SMILES string of the molecule is CCCC(c1ccccc1)C(C=O)CNNC(=O)c1ccc(C(OC)OC)cc1. The number of hydrogen-bond acceptors (Lipinski definition) is 5. The molecule has 156 valence electrons. The number of benzene rings is 2. The summed E-state index contributed by atoms with van der Waals surface area (Å²) in [5.74, 6) is -0.383. The molecule has 0 aromatic heterocycles. The molecule has 0 heterocycles. The van der Waals surface area contributed by atoms with Crippen LogP contribution in [0.15, 0.2) is 54.6 Å². The molecule has 2 N–H and O–H groups in total. The van der Waals surface area contributed by atoms with Crippen molar-refractivity contribution in [1.82, 2.24) is 10.9 Å². The van der Waals surface area contributed by atoms with Gasteiger partial charge in [-0.25, -0.2) is 5.43 Å². The average molecular weight is 399 g/mol. The van der Waals surface area contributed by atoms with Gasteiger partial charge in [0.1, 0.15) is 6.29 Å². The van der Waals surface area contributed by atoms with Crippen molar-refractivity contribution in [3.63, 3.8) is 0 Å². The van der Waals surface area contributed by atoms with Crippen LogP contribution >= 0.6 is 0 Å². The average Bonchev–Trinajstić information content (AvgIpc) is 2.77. The second-order valence-corrected chi connectivity index (χ2v) is 6.87. The summed E-state index contributed by atoms with van der Waals surface area (Å²) < 4.78 is 10.4. The molecule has 2 rings (SSSR count). The third-order valence-corrected chi connectivity index (χ3v) is 4.93. The summed E-state index contributed by atoms with van der Waals surface area (Å²) in [6.07, 6.45) is 2.39. The Bertz CT molecular complexity index is 745. The highest BCUT2D eigenvalue weighted by molar-refractivity contribution is 5.93. The van der Waals surface area contributed by atoms with E-state index < -0.39 is 6.29 Å². The lowest BCUT2D eigenvalue weighted by molar-refractivity contribution is -0.111. The summed E-state index contributed by atoms with van der Waals surface area (Å²) >= 11 is 0. The molecule has 6 nitrogen and oxygen atoms in total. The lowest BCUT2D eigenvalue weighted by Crippen LogP contribution is -2.41. The van der Waals surface area contributed by atoms with Crippen LogP contribution < -0.4 is 10.9 Å². The van der Waals surface area contributed by atoms with Gasteiger partial charge in [-0.2, -0.15) is 0 Å². The van der Waals surface area contributed by atoms with E-state index in [9.17, 15) is 9.59 Å². The van der Waals surface area contributed by atoms with Gasteiger partial charge in [0.05, 0.1) is 0 Å². The quantitative estimate of drug-likeness (QED) is 0.324. The van der Waals surface area contributed by atoms with Crippen LogP contribution in [0, 0.1) is 5.92 Å². The number of nitrogens with one attached hydrogen (secondary N) is 2. The van der Waals surface area contributed by atoms with Crippen molar-refractivity contribution >= 4 is 12.2 Å². The molecule has 2 aromatic carbocycles. The molecule has 6 heteroatoms. The third-order valence-electron chi connectivity index (χ3n) is 4.93. The lowest BCUT2D eigenvalue weighted by atomic mass is 9.83. The molecule has 0 saturated heterocycles. The zero-order valence-corrected chi connectivity index (χ0v) is 17.3. The minimum Gasteiger partial charge on any atom is -0.352 e. The van der Waals surface area contributed by atoms with Gasteiger partial charge in [0, 0.05) is 37.8 Å². The maximum atomic E-state index is 12.4. The number of hydrazine groups is 1. The zero-order chi connectivity index (χ0) is 21.1. The molecule has 0 aliphatic carbocycles. The van der Waals surface area contributed by atoms with E-state index in [2.05, 4.69) is 17.8 Å². The summed E-state index contributed by atoms with van der Waals surface area (Å²) in [5, 5.41) is 0. The fraction of sp³-hybridized carbons (Fsp3) is 0.391. The first-order valence-electron chi connectivity index (χ1n) is 9.83. The molecular weight excluding hydrogens is 368 g/mol. The van der Waals surface area contributed by atoms with Crippen LogP contribution in [0.4, 0.5) is 0 Å². The minimum absolute atomic E-state index is 0.113. The largest absolute Gasteiger partial charge is 0.352 e. The molecule has 0 spiro atoms. The topological polar surface area (TPSA) is 76.7 Å². The third kappa shape index (κ3) is 6.49. The summed E-state index contributed by atoms with van der Waals surface area (Å²) in [6, 6.07) is 17.0. The van der Waals surface area contributed by atoms with E-state index in [1.54, 1.807) is 38.5 Å². The first kappa shape index (κ1) is 22.7. The van der Waals surface area contributed by atoms with Gasteiger partial charge in [-0.05, 0) is 30.0 Å². The van der Waals surface area contributed by atoms with Gasteiger partial charge < -0.3 is 14.3 Å². The fourth-order valence-electron chi connectivity index (χ4n) is 3.41. The number of carbonyl (C=O) groups is 2. The Morgan fingerprint density at radius 3 is 2.21 bits per heavy atom. The van der Waals surface area contributed by atoms with E-state index in [0.29, 0.717) is 12.1 Å². The molecule has 0 fully saturated rings. The Morgan fingerprint density at radius 2 is 1.66 bits per heavy atom. The van der Waals surface area contributed by atoms with Gasteiger partial charge in [0.25, 0.3) is 5.91 Å². The first-order valence-corrected chi connectivity index (χ1v) is 9.83. The molecule has 0 aliphatic heterocycles. The van der Waals surface area contributed by atoms with Gasteiger partial charge in [-0.1, -0.05) is 55.8 Å². The molecule has 2 atom stereocenters. The van der Waals surface area contributed by atoms with Crippen LogP contribution in [0.3, 0.4) is 0 Å². The molecule has 0 aliphatic rings. The van der Waals surface area contributed by atoms with E-state index >= 15 is 0 Å². The van der Waals surface area contributed by atoms with E-state index in [4.69, 9.17) is 9.47 Å². The van der Waals surface area contributed by atoms with Crippen molar-refractivity contribution in [3.8, 4) is 0 Å². The predicted octanol–water partition coefficient (Wildman–Crippen LogP) is 3.61. The van der Waals surface area contributed by atoms with E-state index in [1.807, 2.05) is 30.3 Å². The highest BCUT2D eigenvalue weighted by atomic mass is 16.7. The summed E-state index contributed by atoms with van der Waals surface area (Å²) in [7, 11) is 3.12. The number of ether oxygens (including phenoxy) is 2. The summed E-state index contributed by atoms with van der Waals surface area (Å²) in [6.45, 7) is 2.47. The van der Waals surface area contributed by atoms with Crippen LogP contribution in [0.2, 0.25) is 0 Å². The molecule has 2 aromatic rings. The van der Waals surface area contributed by atoms with Crippen molar-refractivity contribution in [3.05, 3.63) is 71.3 Å². The van der Waals surface area contributed by atoms with Crippen molar-refractivity contribution in [2.45, 2.75) is 32.0 Å². The molecular formula is C23H30N2O4. The molecule has 0 saturated carbocycles. The number of rotatable bonds is 12. The van der Waals surface area contributed by atoms with Crippen LogP contribution in [0.25, 0.3) is 0 Å². The first-order chi connectivity index (χ1) is 14.1. The maximum Gasteiger partial charge on any atom is 0.265 e. The van der Waals surface area contributed by atoms with Gasteiger partial charge in [0.2, 0.25) is 0 Å². The number of carbonyl (C=O) groups excluding carboxylic acids is 2. The highest BCUT2D eigenvalue weighted by Gasteiger charge is 2.22. The molecule has 0 radical (unpaired) electrons. The number of aldehydes is 1. The molecule has 0 bridgehead atoms. The van der Waals surface area contributed by atoms with E-state index in [1.165, 1.54) is 0 Å². The highest BCUT2D eigenvalue weighted by Crippen LogP contribution is 2.28. The minimum atomic E-state index is -0.466. The van der Waals surface area contributed by atoms with Crippen molar-refractivity contribution < 1.29 is 19.1 Å². The summed E-state index contributed by atoms with van der Waals surface area (Å²) in [5.41, 5.74) is 8.07. The normalized spacial score (nSPS) is 13.1. The van der Waals surface area contributed by atoms with Crippen molar-refractivity contribution in [2.24, 2.45) is 5.92 Å². The van der Waals surface area contributed by atoms with Gasteiger partial charge in [0.15, 0.2) is 6.29 Å². The standard InChI is InChI=1S/C23H30N2O4/c1-4-8-21(17-9-6-5-7-10-17)20(16-26)15-24-25-22(27)18-11-13-19(14-12-18)23(28-2)29-3/h5-7,9-14,16,20-21,23-24H,4,8,15H2,1-3H3,(H,25,27). The maximum absolute atomic E-state index is 12.4. The monoisotopic (exact) mass is 398 g/mol. The number of methoxy groups -OCH3 is 2. The Labute approximate surface area is 172 Å². The van der Waals surface area contributed by atoms with Crippen LogP contribution in [0.1, 0.15) is 53.5 Å². The van der Waals surface area contributed by atoms with Gasteiger partial charge in [-0.3, -0.25) is 10.2 Å². The van der Waals surface area contributed by atoms with Crippen LogP contribution in [-0.4, -0.2) is 33.0 Å². The fourth-order valence-corrected chi connectivity index (χ4v) is 3.41. The number of hydrogen-bond donors (Lipinski definition) is 2. The van der Waals surface area contributed by atoms with Crippen molar-refractivity contribution in [1.29, 1.82) is 0 Å². The molecule has 2 unspecified atom stereocenters.